The number of carbonyl (C=O) groups excluding carboxylic acids is 1. The summed E-state index contributed by atoms with van der Waals surface area (Å²) in [7, 11) is -2.39. The standard InChI is InChI=1S/C25H26ClFN4O6S2/c1-37-25(34)18-20(13-5-8-31(9-6-13)39(35,36)15-11-14(12-15)24(32)33)29-22(23-28-7-10-38-23)30-21(18)16-3-2-4-17(27)19(16)26/h2-4,7,10,13-15,21H,5-6,8-9,11-12H2,1H3,(H,29,30)(H,32,33)/t14-,15-,21?. The summed E-state index contributed by atoms with van der Waals surface area (Å²) in [5.74, 6) is -2.78. The van der Waals surface area contributed by atoms with E-state index in [2.05, 4.69) is 10.3 Å². The number of aromatic nitrogens is 1. The number of hydrogen-bond acceptors (Lipinski definition) is 9. The topological polar surface area (TPSA) is 138 Å². The summed E-state index contributed by atoms with van der Waals surface area (Å²) in [6.07, 6.45) is 2.63. The van der Waals surface area contributed by atoms with Crippen molar-refractivity contribution in [1.29, 1.82) is 0 Å². The van der Waals surface area contributed by atoms with E-state index >= 15 is 0 Å². The van der Waals surface area contributed by atoms with Gasteiger partial charge in [0.15, 0.2) is 10.8 Å². The van der Waals surface area contributed by atoms with E-state index in [0.717, 1.165) is 0 Å². The lowest BCUT2D eigenvalue weighted by Gasteiger charge is -2.40. The number of aliphatic carboxylic acids is 1. The summed E-state index contributed by atoms with van der Waals surface area (Å²) >= 11 is 7.67. The van der Waals surface area contributed by atoms with Crippen LogP contribution < -0.4 is 5.32 Å². The first-order valence-corrected chi connectivity index (χ1v) is 15.1. The zero-order chi connectivity index (χ0) is 27.9. The van der Waals surface area contributed by atoms with Crippen molar-refractivity contribution in [3.63, 3.8) is 0 Å². The molecule has 1 aliphatic carbocycles. The molecule has 1 atom stereocenters. The molecule has 3 heterocycles. The van der Waals surface area contributed by atoms with Crippen LogP contribution in [0.4, 0.5) is 4.39 Å². The highest BCUT2D eigenvalue weighted by Gasteiger charge is 2.46. The molecule has 1 saturated carbocycles. The Hall–Kier alpha value is -2.87. The highest BCUT2D eigenvalue weighted by atomic mass is 35.5. The van der Waals surface area contributed by atoms with E-state index < -0.39 is 45.0 Å². The lowest BCUT2D eigenvalue weighted by Crippen LogP contribution is -2.50. The second-order valence-electron chi connectivity index (χ2n) is 9.65. The zero-order valence-corrected chi connectivity index (χ0v) is 23.2. The normalized spacial score (nSPS) is 24.5. The molecule has 14 heteroatoms. The molecule has 1 aromatic heterocycles. The number of hydrogen-bond donors (Lipinski definition) is 2. The molecule has 1 unspecified atom stereocenters. The maximum Gasteiger partial charge on any atom is 0.338 e. The van der Waals surface area contributed by atoms with Crippen LogP contribution in [0.2, 0.25) is 5.02 Å². The first kappa shape index (κ1) is 27.7. The average molecular weight is 597 g/mol. The third kappa shape index (κ3) is 5.20. The Balaban J connectivity index is 1.46. The Kier molecular flexibility index (Phi) is 7.77. The second kappa shape index (κ2) is 11.0. The maximum atomic E-state index is 14.5. The lowest BCUT2D eigenvalue weighted by atomic mass is 9.85. The van der Waals surface area contributed by atoms with Gasteiger partial charge in [-0.25, -0.2) is 26.9 Å². The highest BCUT2D eigenvalue weighted by molar-refractivity contribution is 7.89. The molecule has 39 heavy (non-hydrogen) atoms. The summed E-state index contributed by atoms with van der Waals surface area (Å²) < 4.78 is 47.2. The number of carboxylic acid groups (broad SMARTS) is 1. The number of halogens is 2. The number of benzene rings is 1. The Labute approximate surface area is 233 Å². The smallest absolute Gasteiger partial charge is 0.338 e. The van der Waals surface area contributed by atoms with Crippen LogP contribution in [-0.2, 0) is 24.3 Å². The number of thiazole rings is 1. The predicted molar refractivity (Wildman–Crippen MR) is 142 cm³/mol. The number of carbonyl (C=O) groups is 2. The lowest BCUT2D eigenvalue weighted by molar-refractivity contribution is -0.144. The summed E-state index contributed by atoms with van der Waals surface area (Å²) in [4.78, 5) is 33.3. The molecule has 5 rings (SSSR count). The summed E-state index contributed by atoms with van der Waals surface area (Å²) in [5.41, 5.74) is 0.983. The van der Waals surface area contributed by atoms with Crippen molar-refractivity contribution in [3.8, 4) is 0 Å². The van der Waals surface area contributed by atoms with Gasteiger partial charge in [-0.15, -0.1) is 11.3 Å². The number of amidine groups is 1. The van der Waals surface area contributed by atoms with Crippen LogP contribution in [0.25, 0.3) is 0 Å². The number of piperidine rings is 1. The van der Waals surface area contributed by atoms with E-state index in [1.807, 2.05) is 0 Å². The fourth-order valence-corrected chi connectivity index (χ4v) is 8.16. The molecule has 1 aromatic carbocycles. The molecular weight excluding hydrogens is 571 g/mol. The minimum Gasteiger partial charge on any atom is -0.481 e. The van der Waals surface area contributed by atoms with Gasteiger partial charge >= 0.3 is 11.9 Å². The minimum atomic E-state index is -3.64. The van der Waals surface area contributed by atoms with Gasteiger partial charge in [-0.1, -0.05) is 23.7 Å². The largest absolute Gasteiger partial charge is 0.481 e. The number of esters is 1. The first-order chi connectivity index (χ1) is 18.6. The molecule has 0 radical (unpaired) electrons. The molecule has 0 bridgehead atoms. The van der Waals surface area contributed by atoms with E-state index in [0.29, 0.717) is 34.9 Å². The third-order valence-corrected chi connectivity index (χ3v) is 11.0. The molecule has 208 valence electrons. The van der Waals surface area contributed by atoms with Gasteiger partial charge in [-0.2, -0.15) is 0 Å². The van der Waals surface area contributed by atoms with Crippen molar-refractivity contribution >= 4 is 50.7 Å². The van der Waals surface area contributed by atoms with E-state index in [-0.39, 0.29) is 42.4 Å². The van der Waals surface area contributed by atoms with Crippen molar-refractivity contribution in [2.24, 2.45) is 16.8 Å². The fraction of sp³-hybridized carbons (Fsp3) is 0.440. The van der Waals surface area contributed by atoms with Crippen molar-refractivity contribution in [1.82, 2.24) is 14.6 Å². The SMILES string of the molecule is COC(=O)C1=C(C2CCN(S(=O)(=O)[C@H]3C[C@H](C(=O)O)C3)CC2)NC(c2nccs2)=NC1c1cccc(F)c1Cl. The molecule has 10 nitrogen and oxygen atoms in total. The zero-order valence-electron chi connectivity index (χ0n) is 20.8. The van der Waals surface area contributed by atoms with E-state index in [9.17, 15) is 22.4 Å². The van der Waals surface area contributed by atoms with Crippen LogP contribution in [0.5, 0.6) is 0 Å². The van der Waals surface area contributed by atoms with Crippen LogP contribution >= 0.6 is 22.9 Å². The Bertz CT molecular complexity index is 1450. The number of nitrogens with one attached hydrogen (secondary N) is 1. The van der Waals surface area contributed by atoms with E-state index in [1.54, 1.807) is 17.6 Å². The van der Waals surface area contributed by atoms with Gasteiger partial charge < -0.3 is 15.2 Å². The van der Waals surface area contributed by atoms with Crippen LogP contribution in [0.15, 0.2) is 46.0 Å². The molecule has 2 aromatic rings. The molecule has 0 spiro atoms. The summed E-state index contributed by atoms with van der Waals surface area (Å²) in [6, 6.07) is 3.34. The summed E-state index contributed by atoms with van der Waals surface area (Å²) in [5, 5.41) is 13.9. The number of sulfonamides is 1. The average Bonchev–Trinajstić information content (AvgIpc) is 3.43. The maximum absolute atomic E-state index is 14.5. The monoisotopic (exact) mass is 596 g/mol. The van der Waals surface area contributed by atoms with Crippen molar-refractivity contribution in [2.75, 3.05) is 20.2 Å². The Morgan fingerprint density at radius 2 is 1.97 bits per heavy atom. The van der Waals surface area contributed by atoms with Crippen LogP contribution in [-0.4, -0.2) is 66.0 Å². The number of allylic oxidation sites excluding steroid dienone is 1. The molecule has 0 amide bonds. The van der Waals surface area contributed by atoms with Crippen molar-refractivity contribution in [2.45, 2.75) is 37.0 Å². The van der Waals surface area contributed by atoms with Gasteiger partial charge in [0.1, 0.15) is 11.9 Å². The highest BCUT2D eigenvalue weighted by Crippen LogP contribution is 2.41. The molecule has 2 N–H and O–H groups in total. The number of rotatable bonds is 7. The number of aliphatic imine (C=N–C) groups is 1. The van der Waals surface area contributed by atoms with E-state index in [1.165, 1.54) is 34.9 Å². The van der Waals surface area contributed by atoms with Crippen molar-refractivity contribution < 1.29 is 32.2 Å². The summed E-state index contributed by atoms with van der Waals surface area (Å²) in [6.45, 7) is 0.409. The van der Waals surface area contributed by atoms with Crippen molar-refractivity contribution in [3.05, 3.63) is 62.5 Å². The van der Waals surface area contributed by atoms with Gasteiger partial charge in [0, 0.05) is 41.8 Å². The van der Waals surface area contributed by atoms with Gasteiger partial charge in [0.2, 0.25) is 10.0 Å². The third-order valence-electron chi connectivity index (χ3n) is 7.48. The van der Waals surface area contributed by atoms with Gasteiger partial charge in [-0.05, 0) is 31.7 Å². The quantitative estimate of drug-likeness (QED) is 0.464. The Morgan fingerprint density at radius 3 is 2.59 bits per heavy atom. The number of carboxylic acids is 1. The minimum absolute atomic E-state index is 0.112. The van der Waals surface area contributed by atoms with Gasteiger partial charge in [0.25, 0.3) is 0 Å². The predicted octanol–water partition coefficient (Wildman–Crippen LogP) is 3.36. The molecular formula is C25H26ClFN4O6S2. The molecule has 2 fully saturated rings. The number of nitrogens with zero attached hydrogens (tertiary/aromatic N) is 3. The van der Waals surface area contributed by atoms with Gasteiger partial charge in [-0.3, -0.25) is 9.79 Å². The van der Waals surface area contributed by atoms with Crippen LogP contribution in [0, 0.1) is 17.7 Å². The van der Waals surface area contributed by atoms with Gasteiger partial charge in [0.05, 0.1) is 28.9 Å². The Morgan fingerprint density at radius 1 is 1.26 bits per heavy atom. The van der Waals surface area contributed by atoms with Crippen LogP contribution in [0.1, 0.15) is 42.3 Å². The number of ether oxygens (including phenoxy) is 1. The molecule has 1 saturated heterocycles. The van der Waals surface area contributed by atoms with E-state index in [4.69, 9.17) is 26.4 Å². The molecule has 2 aliphatic heterocycles. The van der Waals surface area contributed by atoms with Crippen LogP contribution in [0.3, 0.4) is 0 Å². The second-order valence-corrected chi connectivity index (χ2v) is 13.1. The fourth-order valence-electron chi connectivity index (χ4n) is 5.25. The first-order valence-electron chi connectivity index (χ1n) is 12.3. The number of methoxy groups -OCH3 is 1. The molecule has 3 aliphatic rings.